The summed E-state index contributed by atoms with van der Waals surface area (Å²) < 4.78 is 11.0. The molecule has 0 atom stereocenters. The van der Waals surface area contributed by atoms with Gasteiger partial charge in [0.1, 0.15) is 5.75 Å². The van der Waals surface area contributed by atoms with Gasteiger partial charge in [0.25, 0.3) is 0 Å². The Hall–Kier alpha value is -1.55. The molecule has 22 heavy (non-hydrogen) atoms. The van der Waals surface area contributed by atoms with Crippen LogP contribution in [0.1, 0.15) is 49.9 Å². The van der Waals surface area contributed by atoms with Crippen LogP contribution in [0.5, 0.6) is 5.75 Å². The molecule has 0 heterocycles. The van der Waals surface area contributed by atoms with Gasteiger partial charge in [-0.2, -0.15) is 0 Å². The van der Waals surface area contributed by atoms with E-state index in [1.165, 1.54) is 6.92 Å². The van der Waals surface area contributed by atoms with Gasteiger partial charge in [-0.25, -0.2) is 0 Å². The summed E-state index contributed by atoms with van der Waals surface area (Å²) in [6, 6.07) is 5.13. The molecule has 0 unspecified atom stereocenters. The zero-order valence-electron chi connectivity index (χ0n) is 12.9. The van der Waals surface area contributed by atoms with Gasteiger partial charge in [0, 0.05) is 5.56 Å². The molecule has 5 heteroatoms. The van der Waals surface area contributed by atoms with Crippen molar-refractivity contribution >= 4 is 23.4 Å². The van der Waals surface area contributed by atoms with Crippen molar-refractivity contribution in [1.29, 1.82) is 0 Å². The van der Waals surface area contributed by atoms with E-state index in [1.54, 1.807) is 18.2 Å². The summed E-state index contributed by atoms with van der Waals surface area (Å²) in [6.07, 6.45) is 3.27. The van der Waals surface area contributed by atoms with E-state index in [2.05, 4.69) is 0 Å². The standard InChI is InChI=1S/C17H21ClO4/c1-3-21-17(20)12-4-6-13(7-5-12)22-14-8-9-15(11(2)19)16(18)10-14/h8-10,12-13H,3-7H2,1-2H3. The molecular formula is C17H21ClO4. The average Bonchev–Trinajstić information content (AvgIpc) is 2.48. The van der Waals surface area contributed by atoms with Crippen LogP contribution in [-0.4, -0.2) is 24.5 Å². The minimum Gasteiger partial charge on any atom is -0.490 e. The topological polar surface area (TPSA) is 52.6 Å². The second kappa shape index (κ2) is 7.63. The molecule has 1 aliphatic rings. The smallest absolute Gasteiger partial charge is 0.308 e. The lowest BCUT2D eigenvalue weighted by atomic mass is 9.87. The van der Waals surface area contributed by atoms with E-state index in [-0.39, 0.29) is 23.8 Å². The lowest BCUT2D eigenvalue weighted by Crippen LogP contribution is -2.29. The Morgan fingerprint density at radius 3 is 2.45 bits per heavy atom. The van der Waals surface area contributed by atoms with Crippen LogP contribution in [0.3, 0.4) is 0 Å². The number of benzene rings is 1. The van der Waals surface area contributed by atoms with Crippen molar-refractivity contribution in [3.63, 3.8) is 0 Å². The first-order valence-electron chi connectivity index (χ1n) is 7.65. The van der Waals surface area contributed by atoms with Crippen LogP contribution in [-0.2, 0) is 9.53 Å². The summed E-state index contributed by atoms with van der Waals surface area (Å²) in [5.41, 5.74) is 0.500. The number of Topliss-reactive ketones (excluding diaryl/α,β-unsaturated/α-hetero) is 1. The minimum atomic E-state index is -0.102. The van der Waals surface area contributed by atoms with Gasteiger partial charge in [0.05, 0.1) is 23.7 Å². The Morgan fingerprint density at radius 2 is 1.91 bits per heavy atom. The normalized spacial score (nSPS) is 21.2. The van der Waals surface area contributed by atoms with Crippen LogP contribution in [0, 0.1) is 5.92 Å². The molecule has 0 radical (unpaired) electrons. The zero-order chi connectivity index (χ0) is 16.1. The number of carbonyl (C=O) groups is 2. The molecule has 1 saturated carbocycles. The molecule has 0 spiro atoms. The minimum absolute atomic E-state index is 0.0107. The molecule has 0 saturated heterocycles. The summed E-state index contributed by atoms with van der Waals surface area (Å²) >= 11 is 6.08. The first kappa shape index (κ1) is 16.8. The van der Waals surface area contributed by atoms with E-state index in [0.717, 1.165) is 25.7 Å². The van der Waals surface area contributed by atoms with Crippen LogP contribution in [0.2, 0.25) is 5.02 Å². The average molecular weight is 325 g/mol. The van der Waals surface area contributed by atoms with Gasteiger partial charge in [-0.1, -0.05) is 11.6 Å². The Bertz CT molecular complexity index is 548. The van der Waals surface area contributed by atoms with Crippen molar-refractivity contribution < 1.29 is 19.1 Å². The molecule has 1 fully saturated rings. The predicted octanol–water partition coefficient (Wildman–Crippen LogP) is 4.04. The van der Waals surface area contributed by atoms with E-state index in [0.29, 0.717) is 22.9 Å². The number of carbonyl (C=O) groups excluding carboxylic acids is 2. The molecule has 1 aromatic carbocycles. The molecule has 0 bridgehead atoms. The molecular weight excluding hydrogens is 304 g/mol. The highest BCUT2D eigenvalue weighted by Crippen LogP contribution is 2.30. The van der Waals surface area contributed by atoms with Crippen LogP contribution < -0.4 is 4.74 Å². The zero-order valence-corrected chi connectivity index (χ0v) is 13.7. The quantitative estimate of drug-likeness (QED) is 0.606. The van der Waals surface area contributed by atoms with Crippen molar-refractivity contribution in [1.82, 2.24) is 0 Å². The highest BCUT2D eigenvalue weighted by atomic mass is 35.5. The second-order valence-electron chi connectivity index (χ2n) is 5.54. The van der Waals surface area contributed by atoms with Crippen LogP contribution in [0.25, 0.3) is 0 Å². The number of hydrogen-bond acceptors (Lipinski definition) is 4. The molecule has 0 aromatic heterocycles. The first-order chi connectivity index (χ1) is 10.5. The van der Waals surface area contributed by atoms with Crippen LogP contribution in [0.15, 0.2) is 18.2 Å². The van der Waals surface area contributed by atoms with Gasteiger partial charge in [0.2, 0.25) is 0 Å². The molecule has 0 N–H and O–H groups in total. The molecule has 2 rings (SSSR count). The summed E-state index contributed by atoms with van der Waals surface area (Å²) in [4.78, 5) is 23.0. The molecule has 4 nitrogen and oxygen atoms in total. The predicted molar refractivity (Wildman–Crippen MR) is 84.5 cm³/mol. The van der Waals surface area contributed by atoms with Crippen molar-refractivity contribution in [2.75, 3.05) is 6.61 Å². The van der Waals surface area contributed by atoms with Crippen LogP contribution in [0.4, 0.5) is 0 Å². The van der Waals surface area contributed by atoms with Crippen molar-refractivity contribution in [3.8, 4) is 5.75 Å². The summed E-state index contributed by atoms with van der Waals surface area (Å²) in [5, 5.41) is 0.408. The molecule has 0 aliphatic heterocycles. The Balaban J connectivity index is 1.90. The van der Waals surface area contributed by atoms with Crippen LogP contribution >= 0.6 is 11.6 Å². The number of esters is 1. The van der Waals surface area contributed by atoms with Gasteiger partial charge in [-0.15, -0.1) is 0 Å². The number of ether oxygens (including phenoxy) is 2. The lowest BCUT2D eigenvalue weighted by molar-refractivity contribution is -0.149. The second-order valence-corrected chi connectivity index (χ2v) is 5.95. The largest absolute Gasteiger partial charge is 0.490 e. The molecule has 1 aliphatic carbocycles. The molecule has 1 aromatic rings. The Labute approximate surface area is 135 Å². The fraction of sp³-hybridized carbons (Fsp3) is 0.529. The van der Waals surface area contributed by atoms with Gasteiger partial charge < -0.3 is 9.47 Å². The number of halogens is 1. The van der Waals surface area contributed by atoms with E-state index in [9.17, 15) is 9.59 Å². The molecule has 0 amide bonds. The summed E-state index contributed by atoms with van der Waals surface area (Å²) in [7, 11) is 0. The van der Waals surface area contributed by atoms with E-state index >= 15 is 0 Å². The van der Waals surface area contributed by atoms with E-state index < -0.39 is 0 Å². The van der Waals surface area contributed by atoms with Gasteiger partial charge >= 0.3 is 5.97 Å². The van der Waals surface area contributed by atoms with E-state index in [1.807, 2.05) is 6.92 Å². The summed E-state index contributed by atoms with van der Waals surface area (Å²) in [6.45, 7) is 3.73. The fourth-order valence-electron chi connectivity index (χ4n) is 2.72. The van der Waals surface area contributed by atoms with Crippen molar-refractivity contribution in [2.24, 2.45) is 5.92 Å². The highest BCUT2D eigenvalue weighted by molar-refractivity contribution is 6.34. The Kier molecular flexibility index (Phi) is 5.83. The maximum atomic E-state index is 11.7. The van der Waals surface area contributed by atoms with Gasteiger partial charge in [-0.3, -0.25) is 9.59 Å². The monoisotopic (exact) mass is 324 g/mol. The summed E-state index contributed by atoms with van der Waals surface area (Å²) in [5.74, 6) is 0.486. The third kappa shape index (κ3) is 4.23. The lowest BCUT2D eigenvalue weighted by Gasteiger charge is -2.27. The maximum absolute atomic E-state index is 11.7. The Morgan fingerprint density at radius 1 is 1.23 bits per heavy atom. The first-order valence-corrected chi connectivity index (χ1v) is 8.02. The number of rotatable bonds is 5. The molecule has 120 valence electrons. The van der Waals surface area contributed by atoms with Crippen molar-refractivity contribution in [3.05, 3.63) is 28.8 Å². The fourth-order valence-corrected chi connectivity index (χ4v) is 3.03. The highest BCUT2D eigenvalue weighted by Gasteiger charge is 2.28. The SMILES string of the molecule is CCOC(=O)C1CCC(Oc2ccc(C(C)=O)c(Cl)c2)CC1. The van der Waals surface area contributed by atoms with Crippen molar-refractivity contribution in [2.45, 2.75) is 45.6 Å². The number of hydrogen-bond donors (Lipinski definition) is 0. The number of ketones is 1. The van der Waals surface area contributed by atoms with Gasteiger partial charge in [0.15, 0.2) is 5.78 Å². The van der Waals surface area contributed by atoms with E-state index in [4.69, 9.17) is 21.1 Å². The van der Waals surface area contributed by atoms with Gasteiger partial charge in [-0.05, 0) is 57.7 Å². The maximum Gasteiger partial charge on any atom is 0.308 e. The third-order valence-corrected chi connectivity index (χ3v) is 4.23. The third-order valence-electron chi connectivity index (χ3n) is 3.92.